The number of nitrogens with one attached hydrogen (secondary N) is 2. The predicted octanol–water partition coefficient (Wildman–Crippen LogP) is 2.40. The van der Waals surface area contributed by atoms with Crippen LogP contribution in [0, 0.1) is 5.92 Å². The summed E-state index contributed by atoms with van der Waals surface area (Å²) in [7, 11) is 1.61. The smallest absolute Gasteiger partial charge is 0.319 e. The number of nitrogens with zero attached hydrogens (tertiary/aromatic N) is 1. The number of carbonyl (C=O) groups excluding carboxylic acids is 2. The number of urea groups is 1. The molecule has 1 aliphatic heterocycles. The van der Waals surface area contributed by atoms with Crippen molar-refractivity contribution in [3.63, 3.8) is 0 Å². The van der Waals surface area contributed by atoms with Crippen molar-refractivity contribution >= 4 is 17.6 Å². The van der Waals surface area contributed by atoms with Crippen molar-refractivity contribution in [2.45, 2.75) is 19.4 Å². The van der Waals surface area contributed by atoms with E-state index in [9.17, 15) is 14.7 Å². The lowest BCUT2D eigenvalue weighted by molar-refractivity contribution is -0.129. The molecule has 0 aromatic heterocycles. The molecule has 3 N–H and O–H groups in total. The maximum absolute atomic E-state index is 12.4. The monoisotopic (exact) mass is 397 g/mol. The minimum atomic E-state index is -0.295. The van der Waals surface area contributed by atoms with Crippen LogP contribution in [0.2, 0.25) is 0 Å². The van der Waals surface area contributed by atoms with E-state index < -0.39 is 0 Å². The molecule has 1 atom stereocenters. The fourth-order valence-corrected chi connectivity index (χ4v) is 3.30. The summed E-state index contributed by atoms with van der Waals surface area (Å²) in [5.74, 6) is 1.04. The van der Waals surface area contributed by atoms with Crippen molar-refractivity contribution in [2.24, 2.45) is 5.92 Å². The molecule has 3 amide bonds. The number of anilines is 1. The van der Waals surface area contributed by atoms with Gasteiger partial charge in [-0.3, -0.25) is 4.79 Å². The van der Waals surface area contributed by atoms with E-state index >= 15 is 0 Å². The standard InChI is InChI=1S/C22H27N3O4/c1-29-20-8-4-17(5-9-20)13-23-22(28)24-19-6-2-16(3-7-19)12-21(27)25-11-10-18(14-25)15-26/h2-9,18,26H,10-15H2,1H3,(H2,23,24,28)/t18-/m1/s1. The average Bonchev–Trinajstić information content (AvgIpc) is 3.23. The Labute approximate surface area is 170 Å². The fraction of sp³-hybridized carbons (Fsp3) is 0.364. The summed E-state index contributed by atoms with van der Waals surface area (Å²) in [6.45, 7) is 1.87. The second-order valence-corrected chi connectivity index (χ2v) is 7.21. The Hall–Kier alpha value is -3.06. The number of benzene rings is 2. The Bertz CT molecular complexity index is 821. The Morgan fingerprint density at radius 3 is 2.41 bits per heavy atom. The number of carbonyl (C=O) groups is 2. The van der Waals surface area contributed by atoms with E-state index in [0.717, 1.165) is 23.3 Å². The fourth-order valence-electron chi connectivity index (χ4n) is 3.30. The van der Waals surface area contributed by atoms with E-state index in [4.69, 9.17) is 4.74 Å². The van der Waals surface area contributed by atoms with Gasteiger partial charge in [0, 0.05) is 37.8 Å². The Morgan fingerprint density at radius 1 is 1.10 bits per heavy atom. The van der Waals surface area contributed by atoms with Gasteiger partial charge in [-0.2, -0.15) is 0 Å². The lowest BCUT2D eigenvalue weighted by Gasteiger charge is -2.16. The molecule has 1 aliphatic rings. The van der Waals surface area contributed by atoms with E-state index in [1.165, 1.54) is 0 Å². The molecule has 2 aromatic carbocycles. The molecule has 2 aromatic rings. The summed E-state index contributed by atoms with van der Waals surface area (Å²) < 4.78 is 5.11. The summed E-state index contributed by atoms with van der Waals surface area (Å²) in [6, 6.07) is 14.5. The topological polar surface area (TPSA) is 90.9 Å². The number of amides is 3. The van der Waals surface area contributed by atoms with Gasteiger partial charge in [-0.25, -0.2) is 4.79 Å². The molecular weight excluding hydrogens is 370 g/mol. The van der Waals surface area contributed by atoms with Gasteiger partial charge in [0.2, 0.25) is 5.91 Å². The molecule has 0 aliphatic carbocycles. The maximum atomic E-state index is 12.4. The molecule has 0 saturated carbocycles. The number of aliphatic hydroxyl groups excluding tert-OH is 1. The first-order valence-corrected chi connectivity index (χ1v) is 9.72. The van der Waals surface area contributed by atoms with Crippen LogP contribution in [-0.4, -0.2) is 48.8 Å². The van der Waals surface area contributed by atoms with Gasteiger partial charge in [0.1, 0.15) is 5.75 Å². The number of methoxy groups -OCH3 is 1. The lowest BCUT2D eigenvalue weighted by Crippen LogP contribution is -2.30. The number of ether oxygens (including phenoxy) is 1. The molecule has 1 heterocycles. The van der Waals surface area contributed by atoms with E-state index in [-0.39, 0.29) is 24.5 Å². The highest BCUT2D eigenvalue weighted by Crippen LogP contribution is 2.17. The van der Waals surface area contributed by atoms with Crippen LogP contribution < -0.4 is 15.4 Å². The summed E-state index contributed by atoms with van der Waals surface area (Å²) in [4.78, 5) is 26.2. The predicted molar refractivity (Wildman–Crippen MR) is 111 cm³/mol. The Kier molecular flexibility index (Phi) is 7.08. The summed E-state index contributed by atoms with van der Waals surface area (Å²) in [5.41, 5.74) is 2.53. The molecule has 29 heavy (non-hydrogen) atoms. The third kappa shape index (κ3) is 5.96. The van der Waals surface area contributed by atoms with E-state index in [0.29, 0.717) is 31.7 Å². The molecule has 1 saturated heterocycles. The van der Waals surface area contributed by atoms with Crippen molar-refractivity contribution in [1.82, 2.24) is 10.2 Å². The van der Waals surface area contributed by atoms with Crippen LogP contribution in [0.3, 0.4) is 0 Å². The highest BCUT2D eigenvalue weighted by molar-refractivity contribution is 5.89. The van der Waals surface area contributed by atoms with Gasteiger partial charge in [0.15, 0.2) is 0 Å². The van der Waals surface area contributed by atoms with Gasteiger partial charge in [-0.1, -0.05) is 24.3 Å². The van der Waals surface area contributed by atoms with Crippen molar-refractivity contribution in [1.29, 1.82) is 0 Å². The third-order valence-electron chi connectivity index (χ3n) is 5.08. The molecule has 7 heteroatoms. The number of likely N-dealkylation sites (tertiary alicyclic amines) is 1. The van der Waals surface area contributed by atoms with Gasteiger partial charge in [0.05, 0.1) is 13.5 Å². The lowest BCUT2D eigenvalue weighted by atomic mass is 10.1. The van der Waals surface area contributed by atoms with Crippen LogP contribution in [0.25, 0.3) is 0 Å². The summed E-state index contributed by atoms with van der Waals surface area (Å²) in [5, 5.41) is 14.8. The zero-order chi connectivity index (χ0) is 20.6. The minimum absolute atomic E-state index is 0.0684. The van der Waals surface area contributed by atoms with E-state index in [1.807, 2.05) is 36.4 Å². The average molecular weight is 397 g/mol. The summed E-state index contributed by atoms with van der Waals surface area (Å²) >= 11 is 0. The number of rotatable bonds is 7. The molecule has 0 bridgehead atoms. The quantitative estimate of drug-likeness (QED) is 0.669. The second-order valence-electron chi connectivity index (χ2n) is 7.21. The normalized spacial score (nSPS) is 15.8. The number of hydrogen-bond donors (Lipinski definition) is 3. The Balaban J connectivity index is 1.44. The van der Waals surface area contributed by atoms with Gasteiger partial charge in [-0.15, -0.1) is 0 Å². The number of hydrogen-bond acceptors (Lipinski definition) is 4. The van der Waals surface area contributed by atoms with Crippen LogP contribution in [0.1, 0.15) is 17.5 Å². The minimum Gasteiger partial charge on any atom is -0.497 e. The molecule has 7 nitrogen and oxygen atoms in total. The van der Waals surface area contributed by atoms with Crippen LogP contribution in [-0.2, 0) is 17.8 Å². The van der Waals surface area contributed by atoms with Crippen LogP contribution >= 0.6 is 0 Å². The van der Waals surface area contributed by atoms with Crippen LogP contribution in [0.4, 0.5) is 10.5 Å². The zero-order valence-corrected chi connectivity index (χ0v) is 16.6. The van der Waals surface area contributed by atoms with Crippen LogP contribution in [0.5, 0.6) is 5.75 Å². The maximum Gasteiger partial charge on any atom is 0.319 e. The third-order valence-corrected chi connectivity index (χ3v) is 5.08. The largest absolute Gasteiger partial charge is 0.497 e. The van der Waals surface area contributed by atoms with Gasteiger partial charge in [0.25, 0.3) is 0 Å². The van der Waals surface area contributed by atoms with Crippen molar-refractivity contribution in [2.75, 3.05) is 32.1 Å². The SMILES string of the molecule is COc1ccc(CNC(=O)Nc2ccc(CC(=O)N3CC[C@@H](CO)C3)cc2)cc1. The number of aliphatic hydroxyl groups is 1. The van der Waals surface area contributed by atoms with E-state index in [2.05, 4.69) is 10.6 Å². The molecule has 154 valence electrons. The molecule has 1 fully saturated rings. The molecule has 0 unspecified atom stereocenters. The summed E-state index contributed by atoms with van der Waals surface area (Å²) in [6.07, 6.45) is 1.18. The van der Waals surface area contributed by atoms with E-state index in [1.54, 1.807) is 24.1 Å². The second kappa shape index (κ2) is 9.93. The highest BCUT2D eigenvalue weighted by Gasteiger charge is 2.25. The van der Waals surface area contributed by atoms with Crippen LogP contribution in [0.15, 0.2) is 48.5 Å². The highest BCUT2D eigenvalue weighted by atomic mass is 16.5. The molecular formula is C22H27N3O4. The van der Waals surface area contributed by atoms with Gasteiger partial charge in [-0.05, 0) is 41.8 Å². The van der Waals surface area contributed by atoms with Gasteiger partial charge >= 0.3 is 6.03 Å². The van der Waals surface area contributed by atoms with Crippen molar-refractivity contribution < 1.29 is 19.4 Å². The van der Waals surface area contributed by atoms with Crippen molar-refractivity contribution in [3.8, 4) is 5.75 Å². The Morgan fingerprint density at radius 2 is 1.79 bits per heavy atom. The molecule has 0 radical (unpaired) electrons. The van der Waals surface area contributed by atoms with Crippen molar-refractivity contribution in [3.05, 3.63) is 59.7 Å². The molecule has 3 rings (SSSR count). The molecule has 0 spiro atoms. The zero-order valence-electron chi connectivity index (χ0n) is 16.6. The first kappa shape index (κ1) is 20.7. The first-order chi connectivity index (χ1) is 14.1. The first-order valence-electron chi connectivity index (χ1n) is 9.72. The van der Waals surface area contributed by atoms with Gasteiger partial charge < -0.3 is 25.4 Å².